The van der Waals surface area contributed by atoms with Gasteiger partial charge in [-0.3, -0.25) is 14.4 Å². The highest BCUT2D eigenvalue weighted by Gasteiger charge is 2.23. The van der Waals surface area contributed by atoms with Crippen LogP contribution in [0.2, 0.25) is 0 Å². The molecule has 2 N–H and O–H groups in total. The van der Waals surface area contributed by atoms with E-state index in [1.807, 2.05) is 18.2 Å². The zero-order chi connectivity index (χ0) is 21.5. The molecule has 1 saturated heterocycles. The van der Waals surface area contributed by atoms with Crippen LogP contribution in [0.25, 0.3) is 0 Å². The molecule has 2 aromatic rings. The molecule has 1 atom stereocenters. The van der Waals surface area contributed by atoms with E-state index in [-0.39, 0.29) is 12.5 Å². The predicted octanol–water partition coefficient (Wildman–Crippen LogP) is 2.26. The third-order valence-corrected chi connectivity index (χ3v) is 4.91. The third-order valence-electron chi connectivity index (χ3n) is 4.91. The van der Waals surface area contributed by atoms with Crippen molar-refractivity contribution in [1.29, 1.82) is 0 Å². The fourth-order valence-corrected chi connectivity index (χ4v) is 3.38. The van der Waals surface area contributed by atoms with Crippen LogP contribution in [0.4, 0.5) is 11.4 Å². The number of carbonyl (C=O) groups excluding carboxylic acids is 3. The molecule has 3 amide bonds. The van der Waals surface area contributed by atoms with Crippen LogP contribution >= 0.6 is 0 Å². The van der Waals surface area contributed by atoms with Crippen molar-refractivity contribution in [1.82, 2.24) is 5.32 Å². The van der Waals surface area contributed by atoms with Crippen LogP contribution in [-0.2, 0) is 19.1 Å². The lowest BCUT2D eigenvalue weighted by atomic mass is 10.1. The molecule has 0 aliphatic carbocycles. The number of benzene rings is 2. The van der Waals surface area contributed by atoms with Gasteiger partial charge in [0, 0.05) is 43.6 Å². The van der Waals surface area contributed by atoms with Crippen LogP contribution < -0.4 is 20.3 Å². The van der Waals surface area contributed by atoms with Gasteiger partial charge in [-0.15, -0.1) is 0 Å². The molecule has 0 bridgehead atoms. The Bertz CT molecular complexity index is 930. The number of methoxy groups -OCH3 is 2. The molecule has 1 fully saturated rings. The molecule has 2 aromatic carbocycles. The van der Waals surface area contributed by atoms with Gasteiger partial charge in [-0.2, -0.15) is 0 Å². The van der Waals surface area contributed by atoms with Gasteiger partial charge in [0.05, 0.1) is 7.11 Å². The van der Waals surface area contributed by atoms with E-state index >= 15 is 0 Å². The van der Waals surface area contributed by atoms with Gasteiger partial charge in [-0.05, 0) is 30.7 Å². The van der Waals surface area contributed by atoms with Crippen molar-refractivity contribution in [3.8, 4) is 5.75 Å². The van der Waals surface area contributed by atoms with E-state index in [9.17, 15) is 14.4 Å². The van der Waals surface area contributed by atoms with E-state index in [1.165, 1.54) is 7.11 Å². The summed E-state index contributed by atoms with van der Waals surface area (Å²) in [5, 5.41) is 5.15. The summed E-state index contributed by atoms with van der Waals surface area (Å²) in [5.74, 6) is -0.890. The SMILES string of the molecule is COc1ccccc1C(CNC(=O)C(=O)Nc1cccc(N2CCCC2=O)c1)OC. The van der Waals surface area contributed by atoms with Crippen molar-refractivity contribution in [2.75, 3.05) is 37.5 Å². The number of ether oxygens (including phenoxy) is 2. The Morgan fingerprint density at radius 2 is 1.90 bits per heavy atom. The number of nitrogens with zero attached hydrogens (tertiary/aromatic N) is 1. The number of carbonyl (C=O) groups is 3. The first kappa shape index (κ1) is 21.3. The van der Waals surface area contributed by atoms with Crippen LogP contribution in [0.15, 0.2) is 48.5 Å². The van der Waals surface area contributed by atoms with E-state index < -0.39 is 17.9 Å². The first-order valence-electron chi connectivity index (χ1n) is 9.68. The molecule has 3 rings (SSSR count). The molecule has 1 heterocycles. The summed E-state index contributed by atoms with van der Waals surface area (Å²) < 4.78 is 10.8. The van der Waals surface area contributed by atoms with E-state index in [0.717, 1.165) is 12.0 Å². The smallest absolute Gasteiger partial charge is 0.313 e. The number of amides is 3. The average Bonchev–Trinajstić information content (AvgIpc) is 3.20. The Morgan fingerprint density at radius 3 is 2.60 bits per heavy atom. The number of rotatable bonds is 7. The summed E-state index contributed by atoms with van der Waals surface area (Å²) in [7, 11) is 3.08. The largest absolute Gasteiger partial charge is 0.496 e. The Balaban J connectivity index is 1.59. The summed E-state index contributed by atoms with van der Waals surface area (Å²) in [6.07, 6.45) is 0.860. The highest BCUT2D eigenvalue weighted by molar-refractivity contribution is 6.39. The van der Waals surface area contributed by atoms with Crippen molar-refractivity contribution < 1.29 is 23.9 Å². The van der Waals surface area contributed by atoms with Crippen molar-refractivity contribution >= 4 is 29.1 Å². The topological polar surface area (TPSA) is 97.0 Å². The molecular formula is C22H25N3O5. The highest BCUT2D eigenvalue weighted by Crippen LogP contribution is 2.26. The lowest BCUT2D eigenvalue weighted by Crippen LogP contribution is -2.38. The fourth-order valence-electron chi connectivity index (χ4n) is 3.38. The van der Waals surface area contributed by atoms with Crippen molar-refractivity contribution in [2.24, 2.45) is 0 Å². The quantitative estimate of drug-likeness (QED) is 0.682. The van der Waals surface area contributed by atoms with Crippen molar-refractivity contribution in [3.05, 3.63) is 54.1 Å². The molecule has 0 spiro atoms. The van der Waals surface area contributed by atoms with Gasteiger partial charge in [0.25, 0.3) is 0 Å². The minimum absolute atomic E-state index is 0.0539. The molecule has 30 heavy (non-hydrogen) atoms. The summed E-state index contributed by atoms with van der Waals surface area (Å²) in [5.41, 5.74) is 1.91. The summed E-state index contributed by atoms with van der Waals surface area (Å²) in [6.45, 7) is 0.753. The number of para-hydroxylation sites is 1. The summed E-state index contributed by atoms with van der Waals surface area (Å²) in [6, 6.07) is 14.2. The standard InChI is InChI=1S/C22H25N3O5/c1-29-18-10-4-3-9-17(18)19(30-2)14-23-21(27)22(28)24-15-7-5-8-16(13-15)25-12-6-11-20(25)26/h3-5,7-10,13,19H,6,11-12,14H2,1-2H3,(H,23,27)(H,24,28). The minimum atomic E-state index is -0.797. The summed E-state index contributed by atoms with van der Waals surface area (Å²) in [4.78, 5) is 38.2. The van der Waals surface area contributed by atoms with Gasteiger partial charge in [-0.1, -0.05) is 24.3 Å². The van der Waals surface area contributed by atoms with Crippen LogP contribution in [0, 0.1) is 0 Å². The van der Waals surface area contributed by atoms with Crippen molar-refractivity contribution in [2.45, 2.75) is 18.9 Å². The van der Waals surface area contributed by atoms with Gasteiger partial charge in [0.1, 0.15) is 11.9 Å². The van der Waals surface area contributed by atoms with E-state index in [4.69, 9.17) is 9.47 Å². The molecule has 158 valence electrons. The minimum Gasteiger partial charge on any atom is -0.496 e. The molecule has 1 aliphatic heterocycles. The van der Waals surface area contributed by atoms with Gasteiger partial charge >= 0.3 is 11.8 Å². The van der Waals surface area contributed by atoms with Crippen LogP contribution in [0.3, 0.4) is 0 Å². The molecule has 0 saturated carbocycles. The second-order valence-corrected chi connectivity index (χ2v) is 6.83. The molecule has 1 aliphatic rings. The molecular weight excluding hydrogens is 386 g/mol. The molecule has 8 heteroatoms. The third kappa shape index (κ3) is 4.96. The number of hydrogen-bond donors (Lipinski definition) is 2. The van der Waals surface area contributed by atoms with Gasteiger partial charge < -0.3 is 25.0 Å². The van der Waals surface area contributed by atoms with E-state index in [1.54, 1.807) is 42.3 Å². The normalized spacial score (nSPS) is 14.3. The van der Waals surface area contributed by atoms with E-state index in [0.29, 0.717) is 30.1 Å². The first-order valence-corrected chi connectivity index (χ1v) is 9.68. The monoisotopic (exact) mass is 411 g/mol. The Labute approximate surface area is 175 Å². The van der Waals surface area contributed by atoms with Crippen LogP contribution in [-0.4, -0.2) is 45.0 Å². The van der Waals surface area contributed by atoms with Gasteiger partial charge in [0.2, 0.25) is 5.91 Å². The van der Waals surface area contributed by atoms with Gasteiger partial charge in [0.15, 0.2) is 0 Å². The predicted molar refractivity (Wildman–Crippen MR) is 112 cm³/mol. The maximum absolute atomic E-state index is 12.3. The van der Waals surface area contributed by atoms with Crippen LogP contribution in [0.1, 0.15) is 24.5 Å². The number of hydrogen-bond acceptors (Lipinski definition) is 5. The molecule has 1 unspecified atom stereocenters. The van der Waals surface area contributed by atoms with Crippen LogP contribution in [0.5, 0.6) is 5.75 Å². The first-order chi connectivity index (χ1) is 14.5. The zero-order valence-corrected chi connectivity index (χ0v) is 17.0. The number of nitrogens with one attached hydrogen (secondary N) is 2. The zero-order valence-electron chi connectivity index (χ0n) is 17.0. The number of anilines is 2. The van der Waals surface area contributed by atoms with Gasteiger partial charge in [-0.25, -0.2) is 0 Å². The highest BCUT2D eigenvalue weighted by atomic mass is 16.5. The molecule has 8 nitrogen and oxygen atoms in total. The lowest BCUT2D eigenvalue weighted by Gasteiger charge is -2.19. The van der Waals surface area contributed by atoms with E-state index in [2.05, 4.69) is 10.6 Å². The Hall–Kier alpha value is -3.39. The van der Waals surface area contributed by atoms with Crippen molar-refractivity contribution in [3.63, 3.8) is 0 Å². The Kier molecular flexibility index (Phi) is 7.03. The molecule has 0 radical (unpaired) electrons. The summed E-state index contributed by atoms with van der Waals surface area (Å²) >= 11 is 0. The maximum Gasteiger partial charge on any atom is 0.313 e. The average molecular weight is 411 g/mol. The maximum atomic E-state index is 12.3. The Morgan fingerprint density at radius 1 is 1.10 bits per heavy atom. The lowest BCUT2D eigenvalue weighted by molar-refractivity contribution is -0.136. The molecule has 0 aromatic heterocycles. The second-order valence-electron chi connectivity index (χ2n) is 6.83. The fraction of sp³-hybridized carbons (Fsp3) is 0.318. The second kappa shape index (κ2) is 9.89.